The Morgan fingerprint density at radius 2 is 1.64 bits per heavy atom. The predicted molar refractivity (Wildman–Crippen MR) is 91.7 cm³/mol. The quantitative estimate of drug-likeness (QED) is 0.894. The van der Waals surface area contributed by atoms with E-state index in [0.29, 0.717) is 0 Å². The van der Waals surface area contributed by atoms with E-state index >= 15 is 0 Å². The van der Waals surface area contributed by atoms with E-state index in [1.165, 1.54) is 51.4 Å². The summed E-state index contributed by atoms with van der Waals surface area (Å²) in [5, 5.41) is 3.50. The first-order chi connectivity index (χ1) is 10.9. The van der Waals surface area contributed by atoms with Crippen molar-refractivity contribution < 1.29 is 0 Å². The first-order valence-corrected chi connectivity index (χ1v) is 8.77. The van der Waals surface area contributed by atoms with Gasteiger partial charge >= 0.3 is 0 Å². The van der Waals surface area contributed by atoms with Gasteiger partial charge in [-0.05, 0) is 36.4 Å². The number of fused-ring (bicyclic) bond motifs is 1. The van der Waals surface area contributed by atoms with Gasteiger partial charge in [0.25, 0.3) is 0 Å². The molecule has 1 aliphatic carbocycles. The van der Waals surface area contributed by atoms with Crippen molar-refractivity contribution in [1.82, 2.24) is 15.1 Å². The molecule has 2 saturated heterocycles. The van der Waals surface area contributed by atoms with Crippen molar-refractivity contribution in [1.29, 1.82) is 0 Å². The summed E-state index contributed by atoms with van der Waals surface area (Å²) >= 11 is 0. The van der Waals surface area contributed by atoms with Gasteiger partial charge in [0.05, 0.1) is 0 Å². The molecule has 4 rings (SSSR count). The van der Waals surface area contributed by atoms with Crippen LogP contribution >= 0.6 is 0 Å². The molecule has 3 heteroatoms. The van der Waals surface area contributed by atoms with Crippen LogP contribution in [-0.4, -0.2) is 62.2 Å². The van der Waals surface area contributed by atoms with Crippen LogP contribution in [0.1, 0.15) is 5.56 Å². The van der Waals surface area contributed by atoms with Gasteiger partial charge in [-0.15, -0.1) is 0 Å². The van der Waals surface area contributed by atoms with Crippen molar-refractivity contribution in [2.75, 3.05) is 52.4 Å². The molecule has 1 N–H and O–H groups in total. The van der Waals surface area contributed by atoms with Crippen molar-refractivity contribution >= 4 is 6.08 Å². The SMILES string of the molecule is C(=C\c1ccccc1)/CN1CCN(CC2[C@H]3CNC[C@@H]23)CC1. The number of nitrogens with zero attached hydrogens (tertiary/aromatic N) is 2. The van der Waals surface area contributed by atoms with Crippen molar-refractivity contribution in [3.8, 4) is 0 Å². The zero-order valence-electron chi connectivity index (χ0n) is 13.3. The molecule has 118 valence electrons. The number of hydrogen-bond acceptors (Lipinski definition) is 3. The Balaban J connectivity index is 1.17. The Kier molecular flexibility index (Phi) is 4.28. The standard InChI is InChI=1S/C19H27N3/c1-2-5-16(6-3-1)7-4-8-21-9-11-22(12-10-21)15-19-17-13-20-14-18(17)19/h1-7,17-20H,8-15H2/b7-4+/t17-,18+,19?. The fraction of sp³-hybridized carbons (Fsp3) is 0.579. The van der Waals surface area contributed by atoms with E-state index in [9.17, 15) is 0 Å². The van der Waals surface area contributed by atoms with E-state index in [-0.39, 0.29) is 0 Å². The van der Waals surface area contributed by atoms with Gasteiger partial charge in [-0.3, -0.25) is 4.90 Å². The monoisotopic (exact) mass is 297 g/mol. The van der Waals surface area contributed by atoms with E-state index in [1.807, 2.05) is 0 Å². The molecule has 0 amide bonds. The van der Waals surface area contributed by atoms with Gasteiger partial charge in [0.1, 0.15) is 0 Å². The highest BCUT2D eigenvalue weighted by Crippen LogP contribution is 2.48. The molecule has 1 aromatic carbocycles. The molecule has 22 heavy (non-hydrogen) atoms. The summed E-state index contributed by atoms with van der Waals surface area (Å²) in [5.41, 5.74) is 1.30. The molecule has 3 nitrogen and oxygen atoms in total. The van der Waals surface area contributed by atoms with Crippen LogP contribution in [0.4, 0.5) is 0 Å². The summed E-state index contributed by atoms with van der Waals surface area (Å²) < 4.78 is 0. The summed E-state index contributed by atoms with van der Waals surface area (Å²) in [6.07, 6.45) is 4.55. The van der Waals surface area contributed by atoms with Crippen LogP contribution in [0.5, 0.6) is 0 Å². The van der Waals surface area contributed by atoms with Gasteiger partial charge in [0.15, 0.2) is 0 Å². The number of piperidine rings is 1. The normalized spacial score (nSPS) is 32.5. The van der Waals surface area contributed by atoms with Crippen LogP contribution in [0.25, 0.3) is 6.08 Å². The van der Waals surface area contributed by atoms with E-state index in [2.05, 4.69) is 57.6 Å². The second-order valence-corrected chi connectivity index (χ2v) is 7.06. The van der Waals surface area contributed by atoms with Crippen molar-refractivity contribution in [3.63, 3.8) is 0 Å². The van der Waals surface area contributed by atoms with Crippen LogP contribution in [0.2, 0.25) is 0 Å². The lowest BCUT2D eigenvalue weighted by Crippen LogP contribution is -2.47. The smallest absolute Gasteiger partial charge is 0.0167 e. The molecular formula is C19H27N3. The Morgan fingerprint density at radius 1 is 0.955 bits per heavy atom. The van der Waals surface area contributed by atoms with E-state index in [1.54, 1.807) is 0 Å². The Morgan fingerprint density at radius 3 is 2.36 bits per heavy atom. The number of nitrogens with one attached hydrogen (secondary N) is 1. The van der Waals surface area contributed by atoms with E-state index < -0.39 is 0 Å². The predicted octanol–water partition coefficient (Wildman–Crippen LogP) is 1.78. The van der Waals surface area contributed by atoms with Crippen LogP contribution in [0.3, 0.4) is 0 Å². The van der Waals surface area contributed by atoms with Crippen LogP contribution in [0, 0.1) is 17.8 Å². The Labute approximate surface area is 134 Å². The van der Waals surface area contributed by atoms with Gasteiger partial charge in [-0.2, -0.15) is 0 Å². The molecular weight excluding hydrogens is 270 g/mol. The van der Waals surface area contributed by atoms with Crippen LogP contribution in [-0.2, 0) is 0 Å². The minimum Gasteiger partial charge on any atom is -0.316 e. The number of rotatable bonds is 5. The lowest BCUT2D eigenvalue weighted by atomic mass is 10.2. The molecule has 0 spiro atoms. The molecule has 2 heterocycles. The molecule has 1 aromatic rings. The fourth-order valence-electron chi connectivity index (χ4n) is 4.17. The molecule has 3 fully saturated rings. The maximum atomic E-state index is 3.50. The highest BCUT2D eigenvalue weighted by molar-refractivity contribution is 5.48. The molecule has 1 saturated carbocycles. The largest absolute Gasteiger partial charge is 0.316 e. The molecule has 0 aromatic heterocycles. The minimum absolute atomic E-state index is 1.01. The number of hydrogen-bond donors (Lipinski definition) is 1. The summed E-state index contributed by atoms with van der Waals surface area (Å²) in [5.74, 6) is 3.02. The van der Waals surface area contributed by atoms with Gasteiger partial charge in [0.2, 0.25) is 0 Å². The fourth-order valence-corrected chi connectivity index (χ4v) is 4.17. The first kappa shape index (κ1) is 14.4. The topological polar surface area (TPSA) is 18.5 Å². The van der Waals surface area contributed by atoms with Crippen LogP contribution < -0.4 is 5.32 Å². The zero-order valence-corrected chi connectivity index (χ0v) is 13.3. The molecule has 3 atom stereocenters. The maximum absolute atomic E-state index is 3.50. The van der Waals surface area contributed by atoms with Gasteiger partial charge in [0, 0.05) is 39.3 Å². The van der Waals surface area contributed by atoms with Crippen molar-refractivity contribution in [3.05, 3.63) is 42.0 Å². The lowest BCUT2D eigenvalue weighted by molar-refractivity contribution is 0.134. The third kappa shape index (κ3) is 3.27. The summed E-state index contributed by atoms with van der Waals surface area (Å²) in [6.45, 7) is 9.94. The molecule has 0 bridgehead atoms. The van der Waals surface area contributed by atoms with Crippen LogP contribution in [0.15, 0.2) is 36.4 Å². The van der Waals surface area contributed by atoms with Gasteiger partial charge < -0.3 is 10.2 Å². The molecule has 0 radical (unpaired) electrons. The second kappa shape index (κ2) is 6.53. The van der Waals surface area contributed by atoms with E-state index in [0.717, 1.165) is 24.3 Å². The zero-order chi connectivity index (χ0) is 14.8. The minimum atomic E-state index is 1.01. The van der Waals surface area contributed by atoms with Gasteiger partial charge in [-0.25, -0.2) is 0 Å². The van der Waals surface area contributed by atoms with Crippen molar-refractivity contribution in [2.45, 2.75) is 0 Å². The van der Waals surface area contributed by atoms with Gasteiger partial charge in [-0.1, -0.05) is 42.5 Å². The summed E-state index contributed by atoms with van der Waals surface area (Å²) in [6, 6.07) is 10.6. The third-order valence-electron chi connectivity index (χ3n) is 5.68. The Bertz CT molecular complexity index is 495. The molecule has 1 unspecified atom stereocenters. The van der Waals surface area contributed by atoms with E-state index in [4.69, 9.17) is 0 Å². The number of piperazine rings is 1. The molecule has 2 aliphatic heterocycles. The summed E-state index contributed by atoms with van der Waals surface area (Å²) in [4.78, 5) is 5.27. The summed E-state index contributed by atoms with van der Waals surface area (Å²) in [7, 11) is 0. The lowest BCUT2D eigenvalue weighted by Gasteiger charge is -2.34. The Hall–Kier alpha value is -1.16. The highest BCUT2D eigenvalue weighted by Gasteiger charge is 2.52. The van der Waals surface area contributed by atoms with Crippen molar-refractivity contribution in [2.24, 2.45) is 17.8 Å². The highest BCUT2D eigenvalue weighted by atomic mass is 15.3. The maximum Gasteiger partial charge on any atom is 0.0167 e. The molecule has 3 aliphatic rings. The third-order valence-corrected chi connectivity index (χ3v) is 5.68. The average molecular weight is 297 g/mol. The number of benzene rings is 1. The average Bonchev–Trinajstić information content (AvgIpc) is 2.98. The second-order valence-electron chi connectivity index (χ2n) is 7.06. The first-order valence-electron chi connectivity index (χ1n) is 8.77.